The van der Waals surface area contributed by atoms with Crippen molar-refractivity contribution in [1.82, 2.24) is 0 Å². The molecular formula is C9H10BrO. The molecule has 0 spiro atoms. The van der Waals surface area contributed by atoms with Crippen molar-refractivity contribution < 1.29 is 4.74 Å². The molecule has 1 aromatic carbocycles. The molecule has 0 saturated carbocycles. The minimum Gasteiger partial charge on any atom is -0.490 e. The first-order chi connectivity index (χ1) is 5.20. The predicted molar refractivity (Wildman–Crippen MR) is 48.7 cm³/mol. The summed E-state index contributed by atoms with van der Waals surface area (Å²) in [5, 5.41) is 0. The second-order valence-corrected chi connectivity index (χ2v) is 3.38. The SMILES string of the molecule is CC(C)Oc1cc[c]cc1Br. The van der Waals surface area contributed by atoms with Crippen LogP contribution in [0.2, 0.25) is 0 Å². The number of hydrogen-bond donors (Lipinski definition) is 0. The lowest BCUT2D eigenvalue weighted by Crippen LogP contribution is -2.05. The van der Waals surface area contributed by atoms with Crippen molar-refractivity contribution in [3.8, 4) is 5.75 Å². The van der Waals surface area contributed by atoms with E-state index in [9.17, 15) is 0 Å². The van der Waals surface area contributed by atoms with E-state index in [4.69, 9.17) is 4.74 Å². The second kappa shape index (κ2) is 3.77. The van der Waals surface area contributed by atoms with Gasteiger partial charge >= 0.3 is 0 Å². The van der Waals surface area contributed by atoms with Crippen molar-refractivity contribution in [2.24, 2.45) is 0 Å². The van der Waals surface area contributed by atoms with Crippen molar-refractivity contribution in [2.75, 3.05) is 0 Å². The Morgan fingerprint density at radius 1 is 1.55 bits per heavy atom. The summed E-state index contributed by atoms with van der Waals surface area (Å²) in [5.74, 6) is 0.874. The van der Waals surface area contributed by atoms with Gasteiger partial charge in [0.25, 0.3) is 0 Å². The minimum absolute atomic E-state index is 0.216. The van der Waals surface area contributed by atoms with Crippen LogP contribution in [0.5, 0.6) is 5.75 Å². The number of hydrogen-bond acceptors (Lipinski definition) is 1. The fraction of sp³-hybridized carbons (Fsp3) is 0.333. The summed E-state index contributed by atoms with van der Waals surface area (Å²) in [7, 11) is 0. The quantitative estimate of drug-likeness (QED) is 0.735. The Morgan fingerprint density at radius 3 is 2.82 bits per heavy atom. The van der Waals surface area contributed by atoms with Gasteiger partial charge in [-0.3, -0.25) is 0 Å². The molecule has 1 rings (SSSR count). The largest absolute Gasteiger partial charge is 0.490 e. The van der Waals surface area contributed by atoms with E-state index in [0.717, 1.165) is 10.2 Å². The molecule has 0 amide bonds. The summed E-state index contributed by atoms with van der Waals surface area (Å²) in [6.07, 6.45) is 0.216. The zero-order valence-corrected chi connectivity index (χ0v) is 8.18. The maximum atomic E-state index is 5.48. The van der Waals surface area contributed by atoms with Crippen LogP contribution in [0, 0.1) is 6.07 Å². The molecule has 1 nitrogen and oxygen atoms in total. The first-order valence-electron chi connectivity index (χ1n) is 3.52. The Kier molecular flexibility index (Phi) is 2.94. The van der Waals surface area contributed by atoms with E-state index in [-0.39, 0.29) is 6.10 Å². The lowest BCUT2D eigenvalue weighted by Gasteiger charge is -2.10. The van der Waals surface area contributed by atoms with E-state index in [1.54, 1.807) is 0 Å². The Labute approximate surface area is 75.5 Å². The van der Waals surface area contributed by atoms with Gasteiger partial charge in [-0.1, -0.05) is 6.07 Å². The average Bonchev–Trinajstić information content (AvgIpc) is 1.93. The molecule has 0 aromatic heterocycles. The van der Waals surface area contributed by atoms with Crippen LogP contribution in [-0.2, 0) is 0 Å². The van der Waals surface area contributed by atoms with Gasteiger partial charge in [0.15, 0.2) is 0 Å². The third-order valence-electron chi connectivity index (χ3n) is 1.14. The van der Waals surface area contributed by atoms with Gasteiger partial charge in [-0.2, -0.15) is 0 Å². The van der Waals surface area contributed by atoms with Crippen LogP contribution in [0.4, 0.5) is 0 Å². The Morgan fingerprint density at radius 2 is 2.27 bits per heavy atom. The van der Waals surface area contributed by atoms with Crippen LogP contribution in [0.25, 0.3) is 0 Å². The minimum atomic E-state index is 0.216. The average molecular weight is 214 g/mol. The molecule has 11 heavy (non-hydrogen) atoms. The topological polar surface area (TPSA) is 9.23 Å². The second-order valence-electron chi connectivity index (χ2n) is 2.52. The van der Waals surface area contributed by atoms with E-state index >= 15 is 0 Å². The lowest BCUT2D eigenvalue weighted by atomic mass is 10.3. The van der Waals surface area contributed by atoms with Crippen molar-refractivity contribution in [2.45, 2.75) is 20.0 Å². The van der Waals surface area contributed by atoms with Gasteiger partial charge in [0.2, 0.25) is 0 Å². The molecule has 0 N–H and O–H groups in total. The molecule has 0 heterocycles. The van der Waals surface area contributed by atoms with E-state index in [2.05, 4.69) is 22.0 Å². The van der Waals surface area contributed by atoms with E-state index in [0.29, 0.717) is 0 Å². The van der Waals surface area contributed by atoms with Crippen LogP contribution in [0.3, 0.4) is 0 Å². The molecule has 0 unspecified atom stereocenters. The molecule has 1 radical (unpaired) electrons. The third kappa shape index (κ3) is 2.54. The third-order valence-corrected chi connectivity index (χ3v) is 1.76. The maximum absolute atomic E-state index is 5.48. The van der Waals surface area contributed by atoms with E-state index < -0.39 is 0 Å². The molecule has 59 valence electrons. The molecule has 0 atom stereocenters. The molecule has 0 bridgehead atoms. The van der Waals surface area contributed by atoms with E-state index in [1.165, 1.54) is 0 Å². The molecule has 0 aliphatic carbocycles. The highest BCUT2D eigenvalue weighted by molar-refractivity contribution is 9.10. The first-order valence-corrected chi connectivity index (χ1v) is 4.31. The molecule has 0 aliphatic rings. The molecule has 0 aliphatic heterocycles. The van der Waals surface area contributed by atoms with Crippen LogP contribution < -0.4 is 4.74 Å². The zero-order valence-electron chi connectivity index (χ0n) is 6.60. The standard InChI is InChI=1S/C9H10BrO/c1-7(2)11-9-6-4-3-5-8(9)10/h4-7H,1-2H3. The highest BCUT2D eigenvalue weighted by Gasteiger charge is 2.00. The van der Waals surface area contributed by atoms with Crippen molar-refractivity contribution in [1.29, 1.82) is 0 Å². The van der Waals surface area contributed by atoms with Gasteiger partial charge in [0.05, 0.1) is 10.6 Å². The predicted octanol–water partition coefficient (Wildman–Crippen LogP) is 3.04. The van der Waals surface area contributed by atoms with Crippen LogP contribution in [0.1, 0.15) is 13.8 Å². The Balaban J connectivity index is 2.78. The highest BCUT2D eigenvalue weighted by atomic mass is 79.9. The maximum Gasteiger partial charge on any atom is 0.133 e. The van der Waals surface area contributed by atoms with E-state index in [1.807, 2.05) is 32.0 Å². The summed E-state index contributed by atoms with van der Waals surface area (Å²) in [6, 6.07) is 8.52. The summed E-state index contributed by atoms with van der Waals surface area (Å²) in [5.41, 5.74) is 0. The van der Waals surface area contributed by atoms with Gasteiger partial charge in [0, 0.05) is 0 Å². The monoisotopic (exact) mass is 213 g/mol. The Bertz CT molecular complexity index is 233. The number of rotatable bonds is 2. The fourth-order valence-electron chi connectivity index (χ4n) is 0.745. The molecular weight excluding hydrogens is 204 g/mol. The molecule has 1 aromatic rings. The number of benzene rings is 1. The number of halogens is 1. The highest BCUT2D eigenvalue weighted by Crippen LogP contribution is 2.24. The normalized spacial score (nSPS) is 10.2. The summed E-state index contributed by atoms with van der Waals surface area (Å²) < 4.78 is 6.43. The van der Waals surface area contributed by atoms with Gasteiger partial charge in [0.1, 0.15) is 5.75 Å². The van der Waals surface area contributed by atoms with Crippen molar-refractivity contribution in [3.63, 3.8) is 0 Å². The summed E-state index contributed by atoms with van der Waals surface area (Å²) in [6.45, 7) is 4.01. The van der Waals surface area contributed by atoms with Gasteiger partial charge < -0.3 is 4.74 Å². The lowest BCUT2D eigenvalue weighted by molar-refractivity contribution is 0.241. The Hall–Kier alpha value is -0.500. The van der Waals surface area contributed by atoms with Crippen LogP contribution in [0.15, 0.2) is 22.7 Å². The first kappa shape index (κ1) is 8.60. The molecule has 2 heteroatoms. The zero-order chi connectivity index (χ0) is 8.27. The smallest absolute Gasteiger partial charge is 0.133 e. The van der Waals surface area contributed by atoms with Gasteiger partial charge in [-0.05, 0) is 48.0 Å². The van der Waals surface area contributed by atoms with Crippen LogP contribution >= 0.6 is 15.9 Å². The summed E-state index contributed by atoms with van der Waals surface area (Å²) in [4.78, 5) is 0. The fourth-order valence-corrected chi connectivity index (χ4v) is 1.10. The van der Waals surface area contributed by atoms with Crippen molar-refractivity contribution in [3.05, 3.63) is 28.7 Å². The van der Waals surface area contributed by atoms with Gasteiger partial charge in [-0.25, -0.2) is 0 Å². The van der Waals surface area contributed by atoms with Crippen molar-refractivity contribution >= 4 is 15.9 Å². The molecule has 0 saturated heterocycles. The summed E-state index contributed by atoms with van der Waals surface area (Å²) >= 11 is 3.37. The number of ether oxygens (including phenoxy) is 1. The molecule has 0 fully saturated rings. The van der Waals surface area contributed by atoms with Crippen LogP contribution in [-0.4, -0.2) is 6.10 Å². The van der Waals surface area contributed by atoms with Gasteiger partial charge in [-0.15, -0.1) is 0 Å².